The number of Topliss-reactive ketones (excluding diaryl/α,β-unsaturated/α-hetero) is 1. The van der Waals surface area contributed by atoms with E-state index in [4.69, 9.17) is 4.74 Å². The van der Waals surface area contributed by atoms with Crippen molar-refractivity contribution in [1.82, 2.24) is 4.98 Å². The van der Waals surface area contributed by atoms with Gasteiger partial charge in [0, 0.05) is 31.0 Å². The van der Waals surface area contributed by atoms with Gasteiger partial charge in [0.25, 0.3) is 0 Å². The van der Waals surface area contributed by atoms with Crippen molar-refractivity contribution in [2.75, 3.05) is 25.2 Å². The second-order valence-electron chi connectivity index (χ2n) is 5.81. The summed E-state index contributed by atoms with van der Waals surface area (Å²) in [5, 5.41) is 1.02. The molecule has 0 aliphatic heterocycles. The average Bonchev–Trinajstić information content (AvgIpc) is 3.20. The lowest BCUT2D eigenvalue weighted by Crippen LogP contribution is -2.37. The van der Waals surface area contributed by atoms with Crippen LogP contribution in [0, 0.1) is 5.92 Å². The molecule has 2 aliphatic rings. The van der Waals surface area contributed by atoms with Gasteiger partial charge < -0.3 is 9.64 Å². The SMILES string of the molecule is COCCN(c1nc2c(s1)CCCC2=O)C(C)C1CC1. The fourth-order valence-corrected chi connectivity index (χ4v) is 4.11. The van der Waals surface area contributed by atoms with E-state index in [0.29, 0.717) is 19.1 Å². The summed E-state index contributed by atoms with van der Waals surface area (Å²) < 4.78 is 5.24. The number of nitrogens with zero attached hydrogens (tertiary/aromatic N) is 2. The lowest BCUT2D eigenvalue weighted by Gasteiger charge is -2.28. The van der Waals surface area contributed by atoms with Crippen molar-refractivity contribution in [1.29, 1.82) is 0 Å². The lowest BCUT2D eigenvalue weighted by molar-refractivity contribution is 0.0968. The number of anilines is 1. The first-order valence-electron chi connectivity index (χ1n) is 7.49. The van der Waals surface area contributed by atoms with Crippen LogP contribution in [0.4, 0.5) is 5.13 Å². The zero-order valence-corrected chi connectivity index (χ0v) is 13.0. The Morgan fingerprint density at radius 2 is 2.25 bits per heavy atom. The molecule has 0 N–H and O–H groups in total. The summed E-state index contributed by atoms with van der Waals surface area (Å²) in [6.07, 6.45) is 5.27. The normalized spacial score (nSPS) is 19.8. The molecule has 20 heavy (non-hydrogen) atoms. The van der Waals surface area contributed by atoms with Crippen molar-refractivity contribution >= 4 is 22.3 Å². The van der Waals surface area contributed by atoms with E-state index in [1.165, 1.54) is 17.7 Å². The van der Waals surface area contributed by atoms with E-state index in [2.05, 4.69) is 16.8 Å². The van der Waals surface area contributed by atoms with Crippen LogP contribution < -0.4 is 4.90 Å². The van der Waals surface area contributed by atoms with E-state index in [9.17, 15) is 4.79 Å². The molecule has 5 heteroatoms. The number of fused-ring (bicyclic) bond motifs is 1. The molecule has 0 amide bonds. The highest BCUT2D eigenvalue weighted by Gasteiger charge is 2.34. The molecule has 0 radical (unpaired) electrons. The Hall–Kier alpha value is -0.940. The number of hydrogen-bond acceptors (Lipinski definition) is 5. The fourth-order valence-electron chi connectivity index (χ4n) is 2.87. The van der Waals surface area contributed by atoms with E-state index in [1.54, 1.807) is 18.4 Å². The minimum absolute atomic E-state index is 0.222. The Morgan fingerprint density at radius 3 is 2.90 bits per heavy atom. The molecule has 1 fully saturated rings. The minimum atomic E-state index is 0.222. The maximum atomic E-state index is 12.0. The summed E-state index contributed by atoms with van der Waals surface area (Å²) in [4.78, 5) is 20.1. The topological polar surface area (TPSA) is 42.4 Å². The summed E-state index contributed by atoms with van der Waals surface area (Å²) in [7, 11) is 1.73. The van der Waals surface area contributed by atoms with Crippen LogP contribution in [0.3, 0.4) is 0 Å². The smallest absolute Gasteiger partial charge is 0.186 e. The van der Waals surface area contributed by atoms with Gasteiger partial charge in [-0.25, -0.2) is 4.98 Å². The lowest BCUT2D eigenvalue weighted by atomic mass is 10.0. The van der Waals surface area contributed by atoms with Crippen LogP contribution in [-0.4, -0.2) is 37.1 Å². The predicted molar refractivity (Wildman–Crippen MR) is 80.8 cm³/mol. The zero-order valence-electron chi connectivity index (χ0n) is 12.2. The third-order valence-electron chi connectivity index (χ3n) is 4.34. The number of rotatable bonds is 6. The molecular weight excluding hydrogens is 272 g/mol. The maximum absolute atomic E-state index is 12.0. The van der Waals surface area contributed by atoms with Crippen molar-refractivity contribution in [3.05, 3.63) is 10.6 Å². The van der Waals surface area contributed by atoms with Gasteiger partial charge in [-0.3, -0.25) is 4.79 Å². The zero-order chi connectivity index (χ0) is 14.1. The molecule has 0 bridgehead atoms. The van der Waals surface area contributed by atoms with Gasteiger partial charge >= 0.3 is 0 Å². The molecule has 0 spiro atoms. The molecule has 110 valence electrons. The van der Waals surface area contributed by atoms with Crippen LogP contribution in [0.2, 0.25) is 0 Å². The molecule has 1 unspecified atom stereocenters. The van der Waals surface area contributed by atoms with Crippen LogP contribution in [0.1, 0.15) is 48.0 Å². The molecule has 1 heterocycles. The third kappa shape index (κ3) is 2.74. The molecule has 1 atom stereocenters. The van der Waals surface area contributed by atoms with Crippen molar-refractivity contribution in [3.63, 3.8) is 0 Å². The van der Waals surface area contributed by atoms with Crippen molar-refractivity contribution in [2.24, 2.45) is 5.92 Å². The Labute approximate surface area is 124 Å². The van der Waals surface area contributed by atoms with Gasteiger partial charge in [-0.15, -0.1) is 11.3 Å². The highest BCUT2D eigenvalue weighted by Crippen LogP contribution is 2.39. The van der Waals surface area contributed by atoms with Gasteiger partial charge in [0.2, 0.25) is 0 Å². The largest absolute Gasteiger partial charge is 0.383 e. The standard InChI is InChI=1S/C15H22N2O2S/c1-10(11-6-7-11)17(8-9-19-2)15-16-14-12(18)4-3-5-13(14)20-15/h10-11H,3-9H2,1-2H3. The molecule has 4 nitrogen and oxygen atoms in total. The number of carbonyl (C=O) groups excluding carboxylic acids is 1. The van der Waals surface area contributed by atoms with Gasteiger partial charge in [-0.2, -0.15) is 0 Å². The number of carbonyl (C=O) groups is 1. The minimum Gasteiger partial charge on any atom is -0.383 e. The highest BCUT2D eigenvalue weighted by molar-refractivity contribution is 7.16. The van der Waals surface area contributed by atoms with Crippen LogP contribution >= 0.6 is 11.3 Å². The number of ether oxygens (including phenoxy) is 1. The second-order valence-corrected chi connectivity index (χ2v) is 6.87. The average molecular weight is 294 g/mol. The van der Waals surface area contributed by atoms with Crippen LogP contribution in [0.25, 0.3) is 0 Å². The summed E-state index contributed by atoms with van der Waals surface area (Å²) in [5.41, 5.74) is 0.738. The van der Waals surface area contributed by atoms with Crippen molar-refractivity contribution in [2.45, 2.75) is 45.1 Å². The first-order chi connectivity index (χ1) is 9.70. The molecule has 0 aromatic carbocycles. The molecular formula is C15H22N2O2S. The van der Waals surface area contributed by atoms with Gasteiger partial charge in [0.05, 0.1) is 6.61 Å². The van der Waals surface area contributed by atoms with E-state index in [-0.39, 0.29) is 5.78 Å². The summed E-state index contributed by atoms with van der Waals surface area (Å²) in [6.45, 7) is 3.83. The monoisotopic (exact) mass is 294 g/mol. The molecule has 3 rings (SSSR count). The Kier molecular flexibility index (Phi) is 4.08. The Morgan fingerprint density at radius 1 is 1.45 bits per heavy atom. The van der Waals surface area contributed by atoms with Gasteiger partial charge in [-0.1, -0.05) is 0 Å². The third-order valence-corrected chi connectivity index (χ3v) is 5.49. The second kappa shape index (κ2) is 5.82. The summed E-state index contributed by atoms with van der Waals surface area (Å²) >= 11 is 1.71. The summed E-state index contributed by atoms with van der Waals surface area (Å²) in [5.74, 6) is 1.00. The number of hydrogen-bond donors (Lipinski definition) is 0. The van der Waals surface area contributed by atoms with Crippen LogP contribution in [0.15, 0.2) is 0 Å². The molecule has 0 saturated heterocycles. The van der Waals surface area contributed by atoms with E-state index in [1.807, 2.05) is 0 Å². The fraction of sp³-hybridized carbons (Fsp3) is 0.733. The number of ketones is 1. The quantitative estimate of drug-likeness (QED) is 0.809. The highest BCUT2D eigenvalue weighted by atomic mass is 32.1. The molecule has 1 aromatic heterocycles. The number of aryl methyl sites for hydroxylation is 1. The van der Waals surface area contributed by atoms with E-state index in [0.717, 1.165) is 36.1 Å². The molecule has 1 saturated carbocycles. The molecule has 2 aliphatic carbocycles. The Balaban J connectivity index is 1.84. The Bertz CT molecular complexity index is 496. The first-order valence-corrected chi connectivity index (χ1v) is 8.31. The maximum Gasteiger partial charge on any atom is 0.186 e. The van der Waals surface area contributed by atoms with Gasteiger partial charge in [0.1, 0.15) is 5.69 Å². The number of thiazole rings is 1. The predicted octanol–water partition coefficient (Wildman–Crippen LogP) is 2.91. The van der Waals surface area contributed by atoms with E-state index < -0.39 is 0 Å². The van der Waals surface area contributed by atoms with Crippen LogP contribution in [-0.2, 0) is 11.2 Å². The van der Waals surface area contributed by atoms with Gasteiger partial charge in [0.15, 0.2) is 10.9 Å². The van der Waals surface area contributed by atoms with Crippen LogP contribution in [0.5, 0.6) is 0 Å². The summed E-state index contributed by atoms with van der Waals surface area (Å²) in [6, 6.07) is 0.493. The van der Waals surface area contributed by atoms with E-state index >= 15 is 0 Å². The molecule has 1 aromatic rings. The van der Waals surface area contributed by atoms with Crippen molar-refractivity contribution in [3.8, 4) is 0 Å². The first kappa shape index (κ1) is 14.0. The van der Waals surface area contributed by atoms with Crippen molar-refractivity contribution < 1.29 is 9.53 Å². The number of methoxy groups -OCH3 is 1. The number of aromatic nitrogens is 1. The van der Waals surface area contributed by atoms with Gasteiger partial charge in [-0.05, 0) is 38.5 Å².